The summed E-state index contributed by atoms with van der Waals surface area (Å²) in [6.45, 7) is 7.64. The second-order valence-corrected chi connectivity index (χ2v) is 6.34. The Morgan fingerprint density at radius 1 is 1.24 bits per heavy atom. The van der Waals surface area contributed by atoms with E-state index in [1.165, 1.54) is 0 Å². The van der Waals surface area contributed by atoms with Gasteiger partial charge in [0.25, 0.3) is 0 Å². The van der Waals surface area contributed by atoms with Crippen molar-refractivity contribution in [2.45, 2.75) is 46.1 Å². The van der Waals surface area contributed by atoms with Gasteiger partial charge in [0.05, 0.1) is 19.3 Å². The van der Waals surface area contributed by atoms with Crippen LogP contribution in [0.4, 0.5) is 0 Å². The normalized spacial score (nSPS) is 20.5. The molecule has 6 heteroatoms. The molecule has 1 fully saturated rings. The van der Waals surface area contributed by atoms with Gasteiger partial charge in [-0.1, -0.05) is 12.5 Å². The molecular weight excluding hydrogens is 340 g/mol. The zero-order chi connectivity index (χ0) is 17.5. The number of nitrogens with two attached hydrogens (primary N) is 1. The zero-order valence-electron chi connectivity index (χ0n) is 15.4. The third-order valence-electron chi connectivity index (χ3n) is 4.72. The first-order valence-corrected chi connectivity index (χ1v) is 9.00. The third-order valence-corrected chi connectivity index (χ3v) is 4.72. The average Bonchev–Trinajstić information content (AvgIpc) is 3.05. The fraction of sp³-hybridized carbons (Fsp3) is 0.632. The molecule has 142 valence electrons. The van der Waals surface area contributed by atoms with Crippen LogP contribution in [0.2, 0.25) is 0 Å². The number of carbonyl (C=O) groups excluding carboxylic acids is 1. The van der Waals surface area contributed by atoms with Gasteiger partial charge < -0.3 is 20.5 Å². The van der Waals surface area contributed by atoms with E-state index in [0.29, 0.717) is 25.7 Å². The second-order valence-electron chi connectivity index (χ2n) is 6.34. The molecule has 2 rings (SSSR count). The van der Waals surface area contributed by atoms with Crippen LogP contribution in [0, 0.1) is 11.8 Å². The number of amides is 1. The average molecular weight is 371 g/mol. The molecule has 1 aromatic carbocycles. The Kier molecular flexibility index (Phi) is 9.08. The highest BCUT2D eigenvalue weighted by atomic mass is 35.5. The molecule has 1 aliphatic rings. The number of ether oxygens (including phenoxy) is 2. The molecule has 1 aliphatic carbocycles. The number of hydrogen-bond donors (Lipinski definition) is 2. The molecule has 0 saturated heterocycles. The van der Waals surface area contributed by atoms with E-state index in [1.807, 2.05) is 39.0 Å². The highest BCUT2D eigenvalue weighted by molar-refractivity contribution is 5.85. The van der Waals surface area contributed by atoms with E-state index in [0.717, 1.165) is 36.3 Å². The summed E-state index contributed by atoms with van der Waals surface area (Å²) >= 11 is 0. The fourth-order valence-electron chi connectivity index (χ4n) is 3.40. The highest BCUT2D eigenvalue weighted by Crippen LogP contribution is 2.33. The molecule has 3 atom stereocenters. The standard InChI is InChI=1S/C19H30N2O3.ClH/c1-4-23-17-10-9-14(11-18(17)24-5-2)13(3)21-19(22)16-8-6-7-15(16)12-20;/h9-11,13,15-16H,4-8,12,20H2,1-3H3,(H,21,22);1H/t13?,15-,16-;/m1./s1. The molecule has 1 saturated carbocycles. The predicted octanol–water partition coefficient (Wildman–Crippen LogP) is 3.46. The summed E-state index contributed by atoms with van der Waals surface area (Å²) in [5, 5.41) is 3.13. The SMILES string of the molecule is CCOc1ccc(C(C)NC(=O)[C@@H]2CCC[C@@H]2CN)cc1OCC.Cl. The number of hydrogen-bond acceptors (Lipinski definition) is 4. The number of nitrogens with one attached hydrogen (secondary N) is 1. The monoisotopic (exact) mass is 370 g/mol. The summed E-state index contributed by atoms with van der Waals surface area (Å²) < 4.78 is 11.3. The van der Waals surface area contributed by atoms with Gasteiger partial charge in [0.15, 0.2) is 11.5 Å². The molecule has 0 aliphatic heterocycles. The van der Waals surface area contributed by atoms with Crippen LogP contribution in [0.25, 0.3) is 0 Å². The molecular formula is C19H31ClN2O3. The van der Waals surface area contributed by atoms with Crippen LogP contribution in [0.3, 0.4) is 0 Å². The third kappa shape index (κ3) is 5.51. The first-order chi connectivity index (χ1) is 11.6. The van der Waals surface area contributed by atoms with E-state index in [9.17, 15) is 4.79 Å². The van der Waals surface area contributed by atoms with E-state index in [2.05, 4.69) is 5.32 Å². The Morgan fingerprint density at radius 2 is 1.92 bits per heavy atom. The summed E-state index contributed by atoms with van der Waals surface area (Å²) in [6, 6.07) is 5.76. The van der Waals surface area contributed by atoms with E-state index < -0.39 is 0 Å². The van der Waals surface area contributed by atoms with Crippen LogP contribution in [0.1, 0.15) is 51.6 Å². The first kappa shape index (κ1) is 21.6. The number of benzene rings is 1. The molecule has 3 N–H and O–H groups in total. The van der Waals surface area contributed by atoms with Crippen molar-refractivity contribution in [3.63, 3.8) is 0 Å². The topological polar surface area (TPSA) is 73.6 Å². The fourth-order valence-corrected chi connectivity index (χ4v) is 3.40. The quantitative estimate of drug-likeness (QED) is 0.734. The Bertz CT molecular complexity index is 553. The first-order valence-electron chi connectivity index (χ1n) is 9.00. The van der Waals surface area contributed by atoms with E-state index in [4.69, 9.17) is 15.2 Å². The van der Waals surface area contributed by atoms with Crippen LogP contribution in [-0.4, -0.2) is 25.7 Å². The number of halogens is 1. The summed E-state index contributed by atoms with van der Waals surface area (Å²) in [7, 11) is 0. The molecule has 1 amide bonds. The lowest BCUT2D eigenvalue weighted by molar-refractivity contribution is -0.126. The van der Waals surface area contributed by atoms with Crippen LogP contribution < -0.4 is 20.5 Å². The minimum Gasteiger partial charge on any atom is -0.490 e. The minimum absolute atomic E-state index is 0. The molecule has 0 bridgehead atoms. The van der Waals surface area contributed by atoms with Crippen molar-refractivity contribution in [2.75, 3.05) is 19.8 Å². The van der Waals surface area contributed by atoms with Gasteiger partial charge in [-0.3, -0.25) is 4.79 Å². The molecule has 0 heterocycles. The Hall–Kier alpha value is -1.46. The summed E-state index contributed by atoms with van der Waals surface area (Å²) in [5.41, 5.74) is 6.80. The van der Waals surface area contributed by atoms with Gasteiger partial charge in [-0.25, -0.2) is 0 Å². The van der Waals surface area contributed by atoms with E-state index in [-0.39, 0.29) is 30.3 Å². The van der Waals surface area contributed by atoms with E-state index in [1.54, 1.807) is 0 Å². The summed E-state index contributed by atoms with van der Waals surface area (Å²) in [4.78, 5) is 12.6. The largest absolute Gasteiger partial charge is 0.490 e. The van der Waals surface area contributed by atoms with Crippen molar-refractivity contribution in [3.8, 4) is 11.5 Å². The van der Waals surface area contributed by atoms with Crippen molar-refractivity contribution in [1.29, 1.82) is 0 Å². The van der Waals surface area contributed by atoms with Gasteiger partial charge in [0.1, 0.15) is 0 Å². The second kappa shape index (κ2) is 10.5. The smallest absolute Gasteiger partial charge is 0.223 e. The van der Waals surface area contributed by atoms with Crippen molar-refractivity contribution in [1.82, 2.24) is 5.32 Å². The maximum Gasteiger partial charge on any atom is 0.223 e. The number of rotatable bonds is 8. The summed E-state index contributed by atoms with van der Waals surface area (Å²) in [6.07, 6.45) is 3.08. The van der Waals surface area contributed by atoms with Crippen LogP contribution >= 0.6 is 12.4 Å². The number of carbonyl (C=O) groups is 1. The van der Waals surface area contributed by atoms with Crippen molar-refractivity contribution in [3.05, 3.63) is 23.8 Å². The van der Waals surface area contributed by atoms with Crippen LogP contribution in [0.5, 0.6) is 11.5 Å². The summed E-state index contributed by atoms with van der Waals surface area (Å²) in [5.74, 6) is 1.93. The lowest BCUT2D eigenvalue weighted by Gasteiger charge is -2.22. The van der Waals surface area contributed by atoms with Crippen LogP contribution in [0.15, 0.2) is 18.2 Å². The minimum atomic E-state index is -0.0774. The van der Waals surface area contributed by atoms with Crippen molar-refractivity contribution < 1.29 is 14.3 Å². The van der Waals surface area contributed by atoms with Gasteiger partial charge in [0, 0.05) is 5.92 Å². The lowest BCUT2D eigenvalue weighted by atomic mass is 9.94. The maximum atomic E-state index is 12.6. The van der Waals surface area contributed by atoms with Gasteiger partial charge in [-0.05, 0) is 63.8 Å². The Morgan fingerprint density at radius 3 is 2.56 bits per heavy atom. The molecule has 0 radical (unpaired) electrons. The molecule has 0 aromatic heterocycles. The maximum absolute atomic E-state index is 12.6. The van der Waals surface area contributed by atoms with Crippen molar-refractivity contribution >= 4 is 18.3 Å². The Balaban J connectivity index is 0.00000312. The highest BCUT2D eigenvalue weighted by Gasteiger charge is 2.32. The van der Waals surface area contributed by atoms with Gasteiger partial charge in [0.2, 0.25) is 5.91 Å². The van der Waals surface area contributed by atoms with Crippen molar-refractivity contribution in [2.24, 2.45) is 17.6 Å². The molecule has 5 nitrogen and oxygen atoms in total. The van der Waals surface area contributed by atoms with Gasteiger partial charge in [-0.15, -0.1) is 12.4 Å². The predicted molar refractivity (Wildman–Crippen MR) is 102 cm³/mol. The molecule has 1 unspecified atom stereocenters. The van der Waals surface area contributed by atoms with Gasteiger partial charge in [-0.2, -0.15) is 0 Å². The van der Waals surface area contributed by atoms with Gasteiger partial charge >= 0.3 is 0 Å². The zero-order valence-corrected chi connectivity index (χ0v) is 16.2. The Labute approximate surface area is 157 Å². The molecule has 0 spiro atoms. The van der Waals surface area contributed by atoms with Crippen LogP contribution in [-0.2, 0) is 4.79 Å². The molecule has 1 aromatic rings. The van der Waals surface area contributed by atoms with E-state index >= 15 is 0 Å². The molecule has 25 heavy (non-hydrogen) atoms. The lowest BCUT2D eigenvalue weighted by Crippen LogP contribution is -2.36.